The summed E-state index contributed by atoms with van der Waals surface area (Å²) in [6.45, 7) is 2.86. The highest BCUT2D eigenvalue weighted by Crippen LogP contribution is 2.39. The molecular formula is C17H19BrClFN4O2S2. The fourth-order valence-corrected chi connectivity index (χ4v) is 6.85. The van der Waals surface area contributed by atoms with Gasteiger partial charge in [-0.25, -0.2) is 17.8 Å². The van der Waals surface area contributed by atoms with E-state index in [0.29, 0.717) is 16.0 Å². The molecule has 4 rings (SSSR count). The van der Waals surface area contributed by atoms with Crippen LogP contribution in [0.3, 0.4) is 0 Å². The Morgan fingerprint density at radius 3 is 2.68 bits per heavy atom. The van der Waals surface area contributed by atoms with Crippen molar-refractivity contribution < 1.29 is 12.8 Å². The van der Waals surface area contributed by atoms with E-state index in [1.54, 1.807) is 0 Å². The van der Waals surface area contributed by atoms with Gasteiger partial charge in [-0.2, -0.15) is 0 Å². The summed E-state index contributed by atoms with van der Waals surface area (Å²) in [7, 11) is -4.13. The number of fused-ring (bicyclic) bond motifs is 1. The number of halogens is 3. The highest BCUT2D eigenvalue weighted by molar-refractivity contribution is 9.11. The van der Waals surface area contributed by atoms with E-state index in [9.17, 15) is 12.8 Å². The molecule has 0 saturated carbocycles. The van der Waals surface area contributed by atoms with E-state index in [1.807, 2.05) is 0 Å². The van der Waals surface area contributed by atoms with Gasteiger partial charge < -0.3 is 5.32 Å². The molecule has 0 aliphatic carbocycles. The van der Waals surface area contributed by atoms with Crippen LogP contribution in [-0.4, -0.2) is 43.5 Å². The van der Waals surface area contributed by atoms with Crippen LogP contribution in [0.4, 0.5) is 15.2 Å². The summed E-state index contributed by atoms with van der Waals surface area (Å²) in [5, 5.41) is 3.56. The molecule has 0 amide bonds. The van der Waals surface area contributed by atoms with Crippen LogP contribution in [0.5, 0.6) is 0 Å². The van der Waals surface area contributed by atoms with Gasteiger partial charge in [0.2, 0.25) is 0 Å². The number of nitrogens with one attached hydrogen (secondary N) is 2. The summed E-state index contributed by atoms with van der Waals surface area (Å²) < 4.78 is 42.6. The van der Waals surface area contributed by atoms with Crippen molar-refractivity contribution in [2.45, 2.75) is 36.1 Å². The third-order valence-corrected chi connectivity index (χ3v) is 8.62. The largest absolute Gasteiger partial charge is 0.382 e. The number of aromatic nitrogens is 1. The van der Waals surface area contributed by atoms with Gasteiger partial charge in [0, 0.05) is 12.1 Å². The average Bonchev–Trinajstić information content (AvgIpc) is 3.30. The molecule has 2 N–H and O–H groups in total. The summed E-state index contributed by atoms with van der Waals surface area (Å²) in [6, 6.07) is 2.29. The monoisotopic (exact) mass is 508 g/mol. The average molecular weight is 510 g/mol. The van der Waals surface area contributed by atoms with Crippen LogP contribution in [0.25, 0.3) is 0 Å². The van der Waals surface area contributed by atoms with E-state index in [1.165, 1.54) is 19.0 Å². The number of sulfonamides is 1. The van der Waals surface area contributed by atoms with Crippen LogP contribution in [0.1, 0.15) is 25.7 Å². The van der Waals surface area contributed by atoms with E-state index in [-0.39, 0.29) is 15.7 Å². The molecule has 2 aliphatic rings. The minimum atomic E-state index is -4.13. The molecule has 2 aromatic rings. The standard InChI is InChI=1S/C17H19BrClFN4O2S2/c18-15-9-21-16(27-15)23-28(25,26)14-7-11(19)13(8-12(14)20)22-10-17-3-1-5-24(17)6-2-4-17/h7-9,22H,1-6,10H2,(H,21,23). The van der Waals surface area contributed by atoms with Gasteiger partial charge in [0.15, 0.2) is 5.13 Å². The maximum absolute atomic E-state index is 14.6. The fraction of sp³-hybridized carbons (Fsp3) is 0.471. The minimum absolute atomic E-state index is 0.102. The van der Waals surface area contributed by atoms with Crippen molar-refractivity contribution in [1.82, 2.24) is 9.88 Å². The minimum Gasteiger partial charge on any atom is -0.382 e. The third kappa shape index (κ3) is 3.89. The van der Waals surface area contributed by atoms with E-state index in [0.717, 1.165) is 49.4 Å². The number of benzene rings is 1. The van der Waals surface area contributed by atoms with Gasteiger partial charge in [-0.1, -0.05) is 22.9 Å². The molecule has 2 fully saturated rings. The number of hydrogen-bond acceptors (Lipinski definition) is 6. The third-order valence-electron chi connectivity index (χ3n) is 5.43. The van der Waals surface area contributed by atoms with Crippen LogP contribution in [-0.2, 0) is 10.0 Å². The van der Waals surface area contributed by atoms with Gasteiger partial charge in [-0.05, 0) is 66.8 Å². The Hall–Kier alpha value is -0.940. The van der Waals surface area contributed by atoms with E-state index < -0.39 is 20.7 Å². The van der Waals surface area contributed by atoms with Gasteiger partial charge in [0.25, 0.3) is 10.0 Å². The molecule has 3 heterocycles. The second-order valence-corrected chi connectivity index (χ2v) is 11.6. The van der Waals surface area contributed by atoms with Gasteiger partial charge in [-0.3, -0.25) is 9.62 Å². The quantitative estimate of drug-likeness (QED) is 0.598. The molecule has 0 unspecified atom stereocenters. The molecule has 1 aromatic carbocycles. The number of anilines is 2. The maximum Gasteiger partial charge on any atom is 0.266 e. The Morgan fingerprint density at radius 2 is 2.04 bits per heavy atom. The van der Waals surface area contributed by atoms with Crippen LogP contribution in [0, 0.1) is 5.82 Å². The van der Waals surface area contributed by atoms with Gasteiger partial charge in [-0.15, -0.1) is 0 Å². The van der Waals surface area contributed by atoms with E-state index in [2.05, 4.69) is 35.9 Å². The molecule has 6 nitrogen and oxygen atoms in total. The van der Waals surface area contributed by atoms with Gasteiger partial charge in [0.1, 0.15) is 10.7 Å². The van der Waals surface area contributed by atoms with Gasteiger partial charge in [0.05, 0.1) is 20.7 Å². The first kappa shape index (κ1) is 20.3. The first-order valence-corrected chi connectivity index (χ1v) is 12.4. The molecule has 0 atom stereocenters. The first-order chi connectivity index (χ1) is 13.3. The van der Waals surface area contributed by atoms with Crippen molar-refractivity contribution in [2.75, 3.05) is 29.7 Å². The molecule has 152 valence electrons. The highest BCUT2D eigenvalue weighted by Gasteiger charge is 2.43. The Kier molecular flexibility index (Phi) is 5.60. The van der Waals surface area contributed by atoms with Crippen molar-refractivity contribution in [1.29, 1.82) is 0 Å². The molecule has 1 aromatic heterocycles. The topological polar surface area (TPSA) is 74.3 Å². The van der Waals surface area contributed by atoms with Crippen molar-refractivity contribution in [3.05, 3.63) is 33.0 Å². The lowest BCUT2D eigenvalue weighted by Crippen LogP contribution is -2.44. The maximum atomic E-state index is 14.6. The number of hydrogen-bond donors (Lipinski definition) is 2. The van der Waals surface area contributed by atoms with Gasteiger partial charge >= 0.3 is 0 Å². The number of rotatable bonds is 6. The van der Waals surface area contributed by atoms with E-state index in [4.69, 9.17) is 11.6 Å². The zero-order valence-corrected chi connectivity index (χ0v) is 18.8. The molecular weight excluding hydrogens is 491 g/mol. The van der Waals surface area contributed by atoms with Crippen molar-refractivity contribution in [3.63, 3.8) is 0 Å². The Morgan fingerprint density at radius 1 is 1.32 bits per heavy atom. The smallest absolute Gasteiger partial charge is 0.266 e. The lowest BCUT2D eigenvalue weighted by molar-refractivity contribution is 0.209. The van der Waals surface area contributed by atoms with Crippen molar-refractivity contribution in [2.24, 2.45) is 0 Å². The predicted molar refractivity (Wildman–Crippen MR) is 113 cm³/mol. The number of thiazole rings is 1. The van der Waals surface area contributed by atoms with Crippen LogP contribution >= 0.6 is 38.9 Å². The second-order valence-electron chi connectivity index (χ2n) is 7.11. The molecule has 0 bridgehead atoms. The second kappa shape index (κ2) is 7.71. The predicted octanol–water partition coefficient (Wildman–Crippen LogP) is 4.54. The van der Waals surface area contributed by atoms with Crippen LogP contribution < -0.4 is 10.0 Å². The molecule has 2 aliphatic heterocycles. The molecule has 0 radical (unpaired) electrons. The summed E-state index contributed by atoms with van der Waals surface area (Å²) in [5.41, 5.74) is 0.507. The van der Waals surface area contributed by atoms with Crippen molar-refractivity contribution in [3.8, 4) is 0 Å². The normalized spacial score (nSPS) is 19.0. The molecule has 2 saturated heterocycles. The Balaban J connectivity index is 1.53. The summed E-state index contributed by atoms with van der Waals surface area (Å²) >= 11 is 10.6. The van der Waals surface area contributed by atoms with Crippen molar-refractivity contribution >= 4 is 59.7 Å². The van der Waals surface area contributed by atoms with Crippen LogP contribution in [0.2, 0.25) is 5.02 Å². The summed E-state index contributed by atoms with van der Waals surface area (Å²) in [5.74, 6) is -0.859. The molecule has 0 spiro atoms. The first-order valence-electron chi connectivity index (χ1n) is 8.91. The Labute approximate surface area is 180 Å². The lowest BCUT2D eigenvalue weighted by atomic mass is 9.94. The zero-order valence-electron chi connectivity index (χ0n) is 14.8. The summed E-state index contributed by atoms with van der Waals surface area (Å²) in [4.78, 5) is 5.89. The SMILES string of the molecule is O=S(=O)(Nc1ncc(Br)s1)c1cc(Cl)c(NCC23CCCN2CCC3)cc1F. The lowest BCUT2D eigenvalue weighted by Gasteiger charge is -2.32. The van der Waals surface area contributed by atoms with Crippen LogP contribution in [0.15, 0.2) is 27.0 Å². The van der Waals surface area contributed by atoms with E-state index >= 15 is 0 Å². The number of nitrogens with zero attached hydrogens (tertiary/aromatic N) is 2. The highest BCUT2D eigenvalue weighted by atomic mass is 79.9. The molecule has 11 heteroatoms. The zero-order chi connectivity index (χ0) is 19.9. The summed E-state index contributed by atoms with van der Waals surface area (Å²) in [6.07, 6.45) is 6.02. The molecule has 28 heavy (non-hydrogen) atoms. The Bertz CT molecular complexity index is 991. The fourth-order valence-electron chi connectivity index (χ4n) is 4.12.